The fourth-order valence-electron chi connectivity index (χ4n) is 3.41. The van der Waals surface area contributed by atoms with Crippen LogP contribution in [0.3, 0.4) is 0 Å². The maximum atomic E-state index is 12.9. The molecule has 1 amide bonds. The van der Waals surface area contributed by atoms with Crippen LogP contribution in [0.1, 0.15) is 54.6 Å². The second-order valence-electron chi connectivity index (χ2n) is 6.46. The standard InChI is InChI=1S/C18H25NO4/c1-11-8-15(9-12(2)17(11)23-10-16(20)21)18(22)19-13(3)6-5-7-14(19)4/h8-9,13-14H,5-7,10H2,1-4H3,(H,20,21). The molecule has 1 saturated heterocycles. The molecule has 0 radical (unpaired) electrons. The van der Waals surface area contributed by atoms with Crippen molar-refractivity contribution in [3.63, 3.8) is 0 Å². The summed E-state index contributed by atoms with van der Waals surface area (Å²) < 4.78 is 5.33. The lowest BCUT2D eigenvalue weighted by atomic mass is 9.95. The first-order valence-corrected chi connectivity index (χ1v) is 8.09. The highest BCUT2D eigenvalue weighted by Gasteiger charge is 2.30. The zero-order valence-corrected chi connectivity index (χ0v) is 14.3. The Balaban J connectivity index is 2.26. The number of rotatable bonds is 4. The summed E-state index contributed by atoms with van der Waals surface area (Å²) in [4.78, 5) is 25.5. The Morgan fingerprint density at radius 1 is 1.17 bits per heavy atom. The van der Waals surface area contributed by atoms with E-state index in [9.17, 15) is 9.59 Å². The van der Waals surface area contributed by atoms with Crippen molar-refractivity contribution in [2.75, 3.05) is 6.61 Å². The third-order valence-electron chi connectivity index (χ3n) is 4.48. The molecule has 1 heterocycles. The molecule has 0 aromatic heterocycles. The number of aryl methyl sites for hydroxylation is 2. The van der Waals surface area contributed by atoms with Crippen molar-refractivity contribution in [3.8, 4) is 5.75 Å². The van der Waals surface area contributed by atoms with Gasteiger partial charge >= 0.3 is 5.97 Å². The molecule has 2 rings (SSSR count). The number of carbonyl (C=O) groups is 2. The largest absolute Gasteiger partial charge is 0.481 e. The van der Waals surface area contributed by atoms with E-state index >= 15 is 0 Å². The molecule has 0 aliphatic carbocycles. The lowest BCUT2D eigenvalue weighted by Crippen LogP contribution is -2.47. The monoisotopic (exact) mass is 319 g/mol. The third-order valence-corrected chi connectivity index (χ3v) is 4.48. The van der Waals surface area contributed by atoms with Crippen LogP contribution < -0.4 is 4.74 Å². The number of carbonyl (C=O) groups excluding carboxylic acids is 1. The highest BCUT2D eigenvalue weighted by Crippen LogP contribution is 2.29. The second-order valence-corrected chi connectivity index (χ2v) is 6.46. The summed E-state index contributed by atoms with van der Waals surface area (Å²) in [7, 11) is 0. The Morgan fingerprint density at radius 2 is 1.70 bits per heavy atom. The van der Waals surface area contributed by atoms with Gasteiger partial charge in [0.2, 0.25) is 0 Å². The minimum absolute atomic E-state index is 0.0423. The maximum Gasteiger partial charge on any atom is 0.341 e. The molecular formula is C18H25NO4. The number of piperidine rings is 1. The molecule has 1 fully saturated rings. The summed E-state index contributed by atoms with van der Waals surface area (Å²) in [6.45, 7) is 7.48. The molecule has 5 nitrogen and oxygen atoms in total. The van der Waals surface area contributed by atoms with Gasteiger partial charge in [0.25, 0.3) is 5.91 Å². The highest BCUT2D eigenvalue weighted by molar-refractivity contribution is 5.95. The van der Waals surface area contributed by atoms with Crippen LogP contribution in [0.4, 0.5) is 0 Å². The zero-order chi connectivity index (χ0) is 17.1. The Hall–Kier alpha value is -2.04. The van der Waals surface area contributed by atoms with E-state index in [0.717, 1.165) is 30.4 Å². The summed E-state index contributed by atoms with van der Waals surface area (Å²) in [6.07, 6.45) is 3.23. The van der Waals surface area contributed by atoms with Gasteiger partial charge in [-0.15, -0.1) is 0 Å². The Bertz CT molecular complexity index is 578. The van der Waals surface area contributed by atoms with Gasteiger partial charge in [0.1, 0.15) is 5.75 Å². The van der Waals surface area contributed by atoms with Gasteiger partial charge in [0.05, 0.1) is 0 Å². The number of nitrogens with zero attached hydrogens (tertiary/aromatic N) is 1. The molecule has 0 bridgehead atoms. The van der Waals surface area contributed by atoms with Crippen molar-refractivity contribution in [2.45, 2.75) is 59.0 Å². The van der Waals surface area contributed by atoms with E-state index in [2.05, 4.69) is 13.8 Å². The first-order chi connectivity index (χ1) is 10.8. The van der Waals surface area contributed by atoms with E-state index in [-0.39, 0.29) is 24.6 Å². The van der Waals surface area contributed by atoms with Crippen LogP contribution in [-0.2, 0) is 4.79 Å². The average Bonchev–Trinajstić information content (AvgIpc) is 2.45. The molecule has 1 N–H and O–H groups in total. The molecular weight excluding hydrogens is 294 g/mol. The summed E-state index contributed by atoms with van der Waals surface area (Å²) in [6, 6.07) is 4.07. The van der Waals surface area contributed by atoms with E-state index in [1.807, 2.05) is 18.7 Å². The summed E-state index contributed by atoms with van der Waals surface area (Å²) in [5.74, 6) is -0.427. The predicted octanol–water partition coefficient (Wildman–Crippen LogP) is 3.17. The third kappa shape index (κ3) is 3.84. The second kappa shape index (κ2) is 7.02. The van der Waals surface area contributed by atoms with E-state index in [0.29, 0.717) is 11.3 Å². The fraction of sp³-hybridized carbons (Fsp3) is 0.556. The molecule has 126 valence electrons. The smallest absolute Gasteiger partial charge is 0.341 e. The molecule has 1 aliphatic rings. The van der Waals surface area contributed by atoms with Crippen molar-refractivity contribution in [3.05, 3.63) is 28.8 Å². The van der Waals surface area contributed by atoms with E-state index in [4.69, 9.17) is 9.84 Å². The molecule has 0 saturated carbocycles. The van der Waals surface area contributed by atoms with Crippen molar-refractivity contribution < 1.29 is 19.4 Å². The van der Waals surface area contributed by atoms with Gasteiger partial charge in [0, 0.05) is 17.6 Å². The van der Waals surface area contributed by atoms with Crippen LogP contribution in [0.25, 0.3) is 0 Å². The van der Waals surface area contributed by atoms with Crippen molar-refractivity contribution in [2.24, 2.45) is 0 Å². The van der Waals surface area contributed by atoms with Gasteiger partial charge in [-0.1, -0.05) is 0 Å². The molecule has 0 spiro atoms. The zero-order valence-electron chi connectivity index (χ0n) is 14.3. The SMILES string of the molecule is Cc1cc(C(=O)N2C(C)CCCC2C)cc(C)c1OCC(=O)O. The molecule has 1 aromatic rings. The molecule has 23 heavy (non-hydrogen) atoms. The number of hydrogen-bond donors (Lipinski definition) is 1. The Morgan fingerprint density at radius 3 is 2.17 bits per heavy atom. The van der Waals surface area contributed by atoms with Gasteiger partial charge in [-0.2, -0.15) is 0 Å². The minimum Gasteiger partial charge on any atom is -0.481 e. The predicted molar refractivity (Wildman–Crippen MR) is 88.0 cm³/mol. The normalized spacial score (nSPS) is 21.1. The summed E-state index contributed by atoms with van der Waals surface area (Å²) in [5, 5.41) is 8.74. The lowest BCUT2D eigenvalue weighted by Gasteiger charge is -2.39. The number of aliphatic carboxylic acids is 1. The average molecular weight is 319 g/mol. The van der Waals surface area contributed by atoms with Crippen LogP contribution >= 0.6 is 0 Å². The van der Waals surface area contributed by atoms with Crippen LogP contribution in [0, 0.1) is 13.8 Å². The number of ether oxygens (including phenoxy) is 1. The lowest BCUT2D eigenvalue weighted by molar-refractivity contribution is -0.139. The number of carboxylic acid groups (broad SMARTS) is 1. The van der Waals surface area contributed by atoms with E-state index in [1.54, 1.807) is 12.1 Å². The van der Waals surface area contributed by atoms with Gasteiger partial charge < -0.3 is 14.7 Å². The van der Waals surface area contributed by atoms with Crippen molar-refractivity contribution in [1.82, 2.24) is 4.90 Å². The first kappa shape index (κ1) is 17.3. The number of carboxylic acids is 1. The van der Waals surface area contributed by atoms with Gasteiger partial charge in [-0.25, -0.2) is 4.79 Å². The number of benzene rings is 1. The van der Waals surface area contributed by atoms with Crippen molar-refractivity contribution >= 4 is 11.9 Å². The maximum absolute atomic E-state index is 12.9. The Labute approximate surface area is 137 Å². The van der Waals surface area contributed by atoms with E-state index in [1.165, 1.54) is 0 Å². The van der Waals surface area contributed by atoms with Crippen LogP contribution in [0.5, 0.6) is 5.75 Å². The summed E-state index contributed by atoms with van der Waals surface area (Å²) in [5.41, 5.74) is 2.21. The Kier molecular flexibility index (Phi) is 5.29. The molecule has 2 atom stereocenters. The molecule has 1 aromatic carbocycles. The minimum atomic E-state index is -1.01. The van der Waals surface area contributed by atoms with Crippen LogP contribution in [0.2, 0.25) is 0 Å². The molecule has 5 heteroatoms. The van der Waals surface area contributed by atoms with Crippen LogP contribution in [0.15, 0.2) is 12.1 Å². The number of amides is 1. The molecule has 1 aliphatic heterocycles. The van der Waals surface area contributed by atoms with Crippen molar-refractivity contribution in [1.29, 1.82) is 0 Å². The topological polar surface area (TPSA) is 66.8 Å². The first-order valence-electron chi connectivity index (χ1n) is 8.09. The molecule has 2 unspecified atom stereocenters. The van der Waals surface area contributed by atoms with E-state index < -0.39 is 5.97 Å². The van der Waals surface area contributed by atoms with Gasteiger partial charge in [0.15, 0.2) is 6.61 Å². The fourth-order valence-corrected chi connectivity index (χ4v) is 3.41. The number of likely N-dealkylation sites (tertiary alicyclic amines) is 1. The van der Waals surface area contributed by atoms with Gasteiger partial charge in [-0.3, -0.25) is 4.79 Å². The van der Waals surface area contributed by atoms with Gasteiger partial charge in [-0.05, 0) is 70.2 Å². The summed E-state index contributed by atoms with van der Waals surface area (Å²) >= 11 is 0. The number of hydrogen-bond acceptors (Lipinski definition) is 3. The quantitative estimate of drug-likeness (QED) is 0.925. The highest BCUT2D eigenvalue weighted by atomic mass is 16.5. The van der Waals surface area contributed by atoms with Crippen LogP contribution in [-0.4, -0.2) is 40.6 Å².